The molecule has 0 unspecified atom stereocenters. The summed E-state index contributed by atoms with van der Waals surface area (Å²) in [6.45, 7) is 12.4. The van der Waals surface area contributed by atoms with Crippen LogP contribution < -0.4 is 0 Å². The van der Waals surface area contributed by atoms with Gasteiger partial charge in [0.15, 0.2) is 0 Å². The summed E-state index contributed by atoms with van der Waals surface area (Å²) in [7, 11) is 0. The van der Waals surface area contributed by atoms with Crippen LogP contribution in [0.15, 0.2) is 4.99 Å². The predicted octanol–water partition coefficient (Wildman–Crippen LogP) is 3.19. The van der Waals surface area contributed by atoms with Crippen molar-refractivity contribution < 1.29 is 0 Å². The minimum Gasteiger partial charge on any atom is -0.287 e. The highest BCUT2D eigenvalue weighted by atomic mass is 14.8. The Kier molecular flexibility index (Phi) is 3.66. The molecule has 2 nitrogen and oxygen atoms in total. The van der Waals surface area contributed by atoms with Crippen molar-refractivity contribution in [1.82, 2.24) is 0 Å². The summed E-state index contributed by atoms with van der Waals surface area (Å²) in [5.74, 6) is 0. The van der Waals surface area contributed by atoms with Gasteiger partial charge in [-0.1, -0.05) is 20.8 Å². The first-order valence-electron chi connectivity index (χ1n) is 4.63. The van der Waals surface area contributed by atoms with E-state index < -0.39 is 0 Å². The van der Waals surface area contributed by atoms with E-state index in [1.54, 1.807) is 0 Å². The number of hydrogen-bond acceptors (Lipinski definition) is 2. The third-order valence-corrected chi connectivity index (χ3v) is 1.58. The van der Waals surface area contributed by atoms with Gasteiger partial charge in [0.1, 0.15) is 0 Å². The zero-order chi connectivity index (χ0) is 10.7. The van der Waals surface area contributed by atoms with Gasteiger partial charge in [-0.3, -0.25) is 4.99 Å². The number of rotatable bonds is 1. The van der Waals surface area contributed by atoms with Gasteiger partial charge in [-0.05, 0) is 20.8 Å². The minimum absolute atomic E-state index is 0.00299. The Hall–Kier alpha value is -0.840. The van der Waals surface area contributed by atoms with Crippen LogP contribution in [0.2, 0.25) is 0 Å². The number of nitriles is 1. The highest BCUT2D eigenvalue weighted by Crippen LogP contribution is 2.21. The third kappa shape index (κ3) is 5.41. The molecule has 2 heteroatoms. The first-order chi connectivity index (χ1) is 5.67. The maximum atomic E-state index is 8.67. The molecule has 0 atom stereocenters. The second-order valence-electron chi connectivity index (χ2n) is 5.31. The van der Waals surface area contributed by atoms with E-state index in [1.165, 1.54) is 0 Å². The Labute approximate surface area is 81.7 Å². The molecule has 0 aliphatic rings. The van der Waals surface area contributed by atoms with Crippen molar-refractivity contribution in [2.75, 3.05) is 0 Å². The fourth-order valence-corrected chi connectivity index (χ4v) is 0.952. The number of aliphatic imine (C=N–C) groups is 1. The molecule has 0 spiro atoms. The summed E-state index contributed by atoms with van der Waals surface area (Å²) >= 11 is 0. The zero-order valence-corrected chi connectivity index (χ0v) is 9.60. The highest BCUT2D eigenvalue weighted by Gasteiger charge is 2.21. The average molecular weight is 180 g/mol. The van der Waals surface area contributed by atoms with E-state index in [2.05, 4.69) is 52.6 Å². The number of hydrogen-bond donors (Lipinski definition) is 0. The summed E-state index contributed by atoms with van der Waals surface area (Å²) in [4.78, 5) is 4.56. The molecule has 0 aromatic rings. The largest absolute Gasteiger partial charge is 0.287 e. The molecule has 0 aliphatic heterocycles. The Morgan fingerprint density at radius 2 is 1.62 bits per heavy atom. The Balaban J connectivity index is 4.85. The van der Waals surface area contributed by atoms with Gasteiger partial charge in [0, 0.05) is 11.1 Å². The van der Waals surface area contributed by atoms with E-state index >= 15 is 0 Å². The third-order valence-electron chi connectivity index (χ3n) is 1.58. The van der Waals surface area contributed by atoms with Gasteiger partial charge < -0.3 is 0 Å². The molecule has 0 radical (unpaired) electrons. The fraction of sp³-hybridized carbons (Fsp3) is 0.818. The molecule has 13 heavy (non-hydrogen) atoms. The van der Waals surface area contributed by atoms with Crippen LogP contribution in [0.3, 0.4) is 0 Å². The zero-order valence-electron chi connectivity index (χ0n) is 9.60. The van der Waals surface area contributed by atoms with Crippen LogP contribution in [-0.4, -0.2) is 11.3 Å². The van der Waals surface area contributed by atoms with E-state index in [0.29, 0.717) is 6.42 Å². The van der Waals surface area contributed by atoms with Gasteiger partial charge in [0.2, 0.25) is 0 Å². The standard InChI is InChI=1S/C11H20N2/c1-10(2,3)9(7-8-12)13-11(4,5)6/h7H2,1-6H3. The van der Waals surface area contributed by atoms with E-state index in [1.807, 2.05) is 0 Å². The molecule has 0 N–H and O–H groups in total. The Morgan fingerprint density at radius 3 is 1.85 bits per heavy atom. The summed E-state index contributed by atoms with van der Waals surface area (Å²) in [5.41, 5.74) is 0.908. The fourth-order valence-electron chi connectivity index (χ4n) is 0.952. The SMILES string of the molecule is CC(C)(C)N=C(CC#N)C(C)(C)C. The van der Waals surface area contributed by atoms with Gasteiger partial charge >= 0.3 is 0 Å². The van der Waals surface area contributed by atoms with Crippen LogP contribution in [0.5, 0.6) is 0 Å². The van der Waals surface area contributed by atoms with Gasteiger partial charge in [-0.2, -0.15) is 5.26 Å². The first kappa shape index (κ1) is 12.2. The molecule has 0 fully saturated rings. The monoisotopic (exact) mass is 180 g/mol. The van der Waals surface area contributed by atoms with Gasteiger partial charge in [0.25, 0.3) is 0 Å². The highest BCUT2D eigenvalue weighted by molar-refractivity contribution is 5.91. The van der Waals surface area contributed by atoms with E-state index in [0.717, 1.165) is 5.71 Å². The normalized spacial score (nSPS) is 14.1. The van der Waals surface area contributed by atoms with Crippen molar-refractivity contribution in [1.29, 1.82) is 5.26 Å². The van der Waals surface area contributed by atoms with Crippen LogP contribution in [0.4, 0.5) is 0 Å². The summed E-state index contributed by atoms with van der Waals surface area (Å²) in [5, 5.41) is 8.67. The molecule has 0 rings (SSSR count). The van der Waals surface area contributed by atoms with Crippen LogP contribution in [0.1, 0.15) is 48.0 Å². The van der Waals surface area contributed by atoms with Crippen LogP contribution in [0.25, 0.3) is 0 Å². The van der Waals surface area contributed by atoms with Gasteiger partial charge in [-0.25, -0.2) is 0 Å². The van der Waals surface area contributed by atoms with Crippen LogP contribution in [-0.2, 0) is 0 Å². The molecule has 0 bridgehead atoms. The van der Waals surface area contributed by atoms with Crippen molar-refractivity contribution in [2.45, 2.75) is 53.5 Å². The molecule has 0 saturated carbocycles. The maximum absolute atomic E-state index is 8.67. The van der Waals surface area contributed by atoms with Crippen molar-refractivity contribution in [2.24, 2.45) is 10.4 Å². The van der Waals surface area contributed by atoms with Crippen LogP contribution in [0, 0.1) is 16.7 Å². The lowest BCUT2D eigenvalue weighted by Gasteiger charge is -2.24. The summed E-state index contributed by atoms with van der Waals surface area (Å²) in [6.07, 6.45) is 0.431. The van der Waals surface area contributed by atoms with Gasteiger partial charge in [-0.15, -0.1) is 0 Å². The van der Waals surface area contributed by atoms with Crippen LogP contribution >= 0.6 is 0 Å². The summed E-state index contributed by atoms with van der Waals surface area (Å²) in [6, 6.07) is 2.17. The van der Waals surface area contributed by atoms with E-state index in [4.69, 9.17) is 5.26 Å². The van der Waals surface area contributed by atoms with Crippen molar-refractivity contribution in [3.8, 4) is 6.07 Å². The lowest BCUT2D eigenvalue weighted by molar-refractivity contribution is 0.534. The number of nitrogens with zero attached hydrogens (tertiary/aromatic N) is 2. The molecule has 0 aromatic heterocycles. The average Bonchev–Trinajstić information content (AvgIpc) is 1.81. The summed E-state index contributed by atoms with van der Waals surface area (Å²) < 4.78 is 0. The van der Waals surface area contributed by atoms with Crippen molar-refractivity contribution in [3.63, 3.8) is 0 Å². The molecule has 0 aliphatic carbocycles. The molecule has 74 valence electrons. The molecular weight excluding hydrogens is 160 g/mol. The Morgan fingerprint density at radius 1 is 1.15 bits per heavy atom. The topological polar surface area (TPSA) is 36.1 Å². The molecular formula is C11H20N2. The first-order valence-corrected chi connectivity index (χ1v) is 4.63. The quantitative estimate of drug-likeness (QED) is 0.571. The molecule has 0 aromatic carbocycles. The lowest BCUT2D eigenvalue weighted by Crippen LogP contribution is -2.24. The lowest BCUT2D eigenvalue weighted by atomic mass is 9.87. The van der Waals surface area contributed by atoms with Crippen molar-refractivity contribution in [3.05, 3.63) is 0 Å². The van der Waals surface area contributed by atoms with E-state index in [-0.39, 0.29) is 11.0 Å². The second-order valence-corrected chi connectivity index (χ2v) is 5.31. The van der Waals surface area contributed by atoms with E-state index in [9.17, 15) is 0 Å². The molecule has 0 saturated heterocycles. The minimum atomic E-state index is -0.0839. The molecule has 0 heterocycles. The molecule has 0 amide bonds. The maximum Gasteiger partial charge on any atom is 0.0736 e. The van der Waals surface area contributed by atoms with Crippen molar-refractivity contribution >= 4 is 5.71 Å². The van der Waals surface area contributed by atoms with Gasteiger partial charge in [0.05, 0.1) is 18.0 Å². The second kappa shape index (κ2) is 3.91. The Bertz CT molecular complexity index is 230. The predicted molar refractivity (Wildman–Crippen MR) is 56.9 cm³/mol. The smallest absolute Gasteiger partial charge is 0.0736 e.